The van der Waals surface area contributed by atoms with Gasteiger partial charge >= 0.3 is 0 Å². The quantitative estimate of drug-likeness (QED) is 0.444. The molecule has 1 saturated carbocycles. The number of nitrogens with one attached hydrogen (secondary N) is 4. The van der Waals surface area contributed by atoms with E-state index in [9.17, 15) is 14.4 Å². The third-order valence-corrected chi connectivity index (χ3v) is 6.83. The highest BCUT2D eigenvalue weighted by molar-refractivity contribution is 9.10. The molecular weight excluding hydrogens is 484 g/mol. The normalized spacial score (nSPS) is 18.0. The van der Waals surface area contributed by atoms with Crippen molar-refractivity contribution in [3.05, 3.63) is 61.0 Å². The maximum absolute atomic E-state index is 13.0. The zero-order valence-electron chi connectivity index (χ0n) is 19.7. The molecule has 7 nitrogen and oxygen atoms in total. The molecule has 1 aromatic carbocycles. The van der Waals surface area contributed by atoms with Crippen molar-refractivity contribution in [2.24, 2.45) is 5.92 Å². The van der Waals surface area contributed by atoms with Gasteiger partial charge in [0, 0.05) is 53.0 Å². The van der Waals surface area contributed by atoms with Crippen molar-refractivity contribution in [1.29, 1.82) is 0 Å². The lowest BCUT2D eigenvalue weighted by molar-refractivity contribution is -0.119. The van der Waals surface area contributed by atoms with Crippen LogP contribution in [-0.2, 0) is 11.3 Å². The van der Waals surface area contributed by atoms with Crippen molar-refractivity contribution in [1.82, 2.24) is 15.6 Å². The van der Waals surface area contributed by atoms with Crippen LogP contribution in [0.4, 0.5) is 5.69 Å². The minimum atomic E-state index is -0.216. The average molecular weight is 517 g/mol. The fourth-order valence-corrected chi connectivity index (χ4v) is 4.97. The van der Waals surface area contributed by atoms with E-state index in [2.05, 4.69) is 36.9 Å². The van der Waals surface area contributed by atoms with Gasteiger partial charge < -0.3 is 20.9 Å². The Bertz CT molecular complexity index is 1090. The lowest BCUT2D eigenvalue weighted by Gasteiger charge is -2.29. The van der Waals surface area contributed by atoms with Gasteiger partial charge in [-0.05, 0) is 81.7 Å². The molecule has 2 aromatic rings. The van der Waals surface area contributed by atoms with Gasteiger partial charge in [0.05, 0.1) is 0 Å². The van der Waals surface area contributed by atoms with E-state index in [0.29, 0.717) is 17.0 Å². The zero-order chi connectivity index (χ0) is 24.1. The first-order chi connectivity index (χ1) is 15.6. The van der Waals surface area contributed by atoms with Crippen LogP contribution in [0.25, 0.3) is 0 Å². The molecule has 1 aromatic heterocycles. The minimum Gasteiger partial charge on any atom is -0.385 e. The molecule has 0 bridgehead atoms. The van der Waals surface area contributed by atoms with Gasteiger partial charge in [-0.15, -0.1) is 0 Å². The summed E-state index contributed by atoms with van der Waals surface area (Å²) in [5.41, 5.74) is 4.42. The second-order valence-electron chi connectivity index (χ2n) is 9.05. The Balaban J connectivity index is 1.63. The van der Waals surface area contributed by atoms with Crippen LogP contribution in [0.15, 0.2) is 27.5 Å². The van der Waals surface area contributed by atoms with Gasteiger partial charge in [0.15, 0.2) is 0 Å². The Morgan fingerprint density at radius 3 is 2.42 bits per heavy atom. The largest absolute Gasteiger partial charge is 0.385 e. The first kappa shape index (κ1) is 25.0. The number of hydrogen-bond donors (Lipinski definition) is 4. The maximum atomic E-state index is 13.0. The first-order valence-corrected chi connectivity index (χ1v) is 12.2. The summed E-state index contributed by atoms with van der Waals surface area (Å²) < 4.78 is 0.819. The van der Waals surface area contributed by atoms with Crippen molar-refractivity contribution in [2.75, 3.05) is 11.9 Å². The SMILES string of the molecule is CC(=O)NC1CCC(CNc2cc(Br)cc(C(=O)NCc3c(C)cc(C)[nH]c3=O)c2C)CC1. The van der Waals surface area contributed by atoms with E-state index in [1.54, 1.807) is 13.0 Å². The summed E-state index contributed by atoms with van der Waals surface area (Å²) in [7, 11) is 0. The number of carbonyl (C=O) groups is 2. The van der Waals surface area contributed by atoms with Crippen molar-refractivity contribution in [3.8, 4) is 0 Å². The van der Waals surface area contributed by atoms with Crippen LogP contribution in [0.2, 0.25) is 0 Å². The number of halogens is 1. The maximum Gasteiger partial charge on any atom is 0.253 e. The van der Waals surface area contributed by atoms with Crippen LogP contribution >= 0.6 is 15.9 Å². The number of aryl methyl sites for hydroxylation is 2. The fourth-order valence-electron chi connectivity index (χ4n) is 4.52. The smallest absolute Gasteiger partial charge is 0.253 e. The summed E-state index contributed by atoms with van der Waals surface area (Å²) in [6, 6.07) is 5.98. The van der Waals surface area contributed by atoms with Crippen molar-refractivity contribution < 1.29 is 9.59 Å². The minimum absolute atomic E-state index is 0.0364. The standard InChI is InChI=1S/C25H33BrN4O3/c1-14-9-15(2)29-25(33)22(14)13-28-24(32)21-10-19(26)11-23(16(21)3)27-12-18-5-7-20(8-6-18)30-17(4)31/h9-11,18,20,27H,5-8,12-13H2,1-4H3,(H,28,32)(H,29,33)(H,30,31). The van der Waals surface area contributed by atoms with E-state index in [1.165, 1.54) is 0 Å². The molecule has 33 heavy (non-hydrogen) atoms. The molecule has 8 heteroatoms. The second kappa shape index (κ2) is 11.0. The topological polar surface area (TPSA) is 103 Å². The Morgan fingerprint density at radius 1 is 1.09 bits per heavy atom. The van der Waals surface area contributed by atoms with Crippen LogP contribution < -0.4 is 21.5 Å². The van der Waals surface area contributed by atoms with Crippen molar-refractivity contribution in [3.63, 3.8) is 0 Å². The van der Waals surface area contributed by atoms with E-state index < -0.39 is 0 Å². The predicted molar refractivity (Wildman–Crippen MR) is 135 cm³/mol. The lowest BCUT2D eigenvalue weighted by Crippen LogP contribution is -2.37. The Morgan fingerprint density at radius 2 is 1.79 bits per heavy atom. The summed E-state index contributed by atoms with van der Waals surface area (Å²) >= 11 is 3.52. The Kier molecular flexibility index (Phi) is 8.35. The summed E-state index contributed by atoms with van der Waals surface area (Å²) in [4.78, 5) is 39.2. The van der Waals surface area contributed by atoms with Gasteiger partial charge in [-0.1, -0.05) is 15.9 Å². The second-order valence-corrected chi connectivity index (χ2v) is 9.97. The van der Waals surface area contributed by atoms with E-state index in [1.807, 2.05) is 32.9 Å². The molecule has 178 valence electrons. The number of benzene rings is 1. The molecule has 0 radical (unpaired) electrons. The highest BCUT2D eigenvalue weighted by atomic mass is 79.9. The van der Waals surface area contributed by atoms with Crippen LogP contribution in [0.1, 0.15) is 65.3 Å². The lowest BCUT2D eigenvalue weighted by atomic mass is 9.86. The number of aromatic amines is 1. The Hall–Kier alpha value is -2.61. The molecule has 4 N–H and O–H groups in total. The number of anilines is 1. The number of hydrogen-bond acceptors (Lipinski definition) is 4. The molecule has 1 aliphatic carbocycles. The third-order valence-electron chi connectivity index (χ3n) is 6.37. The van der Waals surface area contributed by atoms with Crippen LogP contribution in [0, 0.1) is 26.7 Å². The molecule has 1 heterocycles. The van der Waals surface area contributed by atoms with E-state index in [-0.39, 0.29) is 30.0 Å². The number of aromatic nitrogens is 1. The molecule has 0 saturated heterocycles. The summed E-state index contributed by atoms with van der Waals surface area (Å²) in [6.07, 6.45) is 4.11. The number of H-pyrrole nitrogens is 1. The molecule has 3 rings (SSSR count). The number of carbonyl (C=O) groups excluding carboxylic acids is 2. The van der Waals surface area contributed by atoms with Gasteiger partial charge in [-0.3, -0.25) is 14.4 Å². The summed E-state index contributed by atoms with van der Waals surface area (Å²) in [5, 5.41) is 9.43. The van der Waals surface area contributed by atoms with Gasteiger partial charge in [0.25, 0.3) is 11.5 Å². The van der Waals surface area contributed by atoms with Crippen molar-refractivity contribution >= 4 is 33.4 Å². The molecule has 0 atom stereocenters. The zero-order valence-corrected chi connectivity index (χ0v) is 21.3. The van der Waals surface area contributed by atoms with Gasteiger partial charge in [0.1, 0.15) is 0 Å². The van der Waals surface area contributed by atoms with E-state index in [4.69, 9.17) is 0 Å². The van der Waals surface area contributed by atoms with Gasteiger partial charge in [-0.25, -0.2) is 0 Å². The van der Waals surface area contributed by atoms with E-state index in [0.717, 1.165) is 59.2 Å². The van der Waals surface area contributed by atoms with Crippen LogP contribution in [-0.4, -0.2) is 29.4 Å². The molecule has 0 unspecified atom stereocenters. The van der Waals surface area contributed by atoms with E-state index >= 15 is 0 Å². The number of rotatable bonds is 7. The molecule has 0 spiro atoms. The molecule has 0 aliphatic heterocycles. The first-order valence-electron chi connectivity index (χ1n) is 11.4. The highest BCUT2D eigenvalue weighted by Crippen LogP contribution is 2.28. The molecule has 1 aliphatic rings. The van der Waals surface area contributed by atoms with Crippen molar-refractivity contribution in [2.45, 2.75) is 66.0 Å². The summed E-state index contributed by atoms with van der Waals surface area (Å²) in [5.74, 6) is 0.350. The summed E-state index contributed by atoms with van der Waals surface area (Å²) in [6.45, 7) is 8.21. The molecule has 2 amide bonds. The monoisotopic (exact) mass is 516 g/mol. The Labute approximate surface area is 203 Å². The average Bonchev–Trinajstić information content (AvgIpc) is 2.73. The number of amides is 2. The van der Waals surface area contributed by atoms with Crippen LogP contribution in [0.3, 0.4) is 0 Å². The molecule has 1 fully saturated rings. The fraction of sp³-hybridized carbons (Fsp3) is 0.480. The van der Waals surface area contributed by atoms with Crippen LogP contribution in [0.5, 0.6) is 0 Å². The predicted octanol–water partition coefficient (Wildman–Crippen LogP) is 4.10. The molecular formula is C25H33BrN4O3. The highest BCUT2D eigenvalue weighted by Gasteiger charge is 2.22. The van der Waals surface area contributed by atoms with Gasteiger partial charge in [-0.2, -0.15) is 0 Å². The van der Waals surface area contributed by atoms with Gasteiger partial charge in [0.2, 0.25) is 5.91 Å². The third kappa shape index (κ3) is 6.69. The number of pyridine rings is 1.